The minimum absolute atomic E-state index is 0. The van der Waals surface area contributed by atoms with Crippen LogP contribution in [0.4, 0.5) is 0 Å². The maximum absolute atomic E-state index is 8.47. The summed E-state index contributed by atoms with van der Waals surface area (Å²) in [5.74, 6) is 0.505. The number of hydrogen-bond donors (Lipinski definition) is 1. The van der Waals surface area contributed by atoms with Crippen LogP contribution in [0.5, 0.6) is 0 Å². The van der Waals surface area contributed by atoms with Crippen molar-refractivity contribution in [2.45, 2.75) is 26.7 Å². The van der Waals surface area contributed by atoms with Crippen molar-refractivity contribution in [1.29, 1.82) is 0 Å². The number of aliphatic hydroxyl groups is 1. The van der Waals surface area contributed by atoms with Crippen LogP contribution in [-0.2, 0) is 0 Å². The molecule has 0 aliphatic heterocycles. The molecule has 0 saturated carbocycles. The standard InChI is InChI=1S/C6H14O.K.H/c1-3-4-6(2)5-7;;/h6-7H,3-5H2,1-2H3;;/q;+1;-1. The van der Waals surface area contributed by atoms with Crippen molar-refractivity contribution in [3.63, 3.8) is 0 Å². The molecule has 0 fully saturated rings. The van der Waals surface area contributed by atoms with E-state index in [4.69, 9.17) is 5.11 Å². The summed E-state index contributed by atoms with van der Waals surface area (Å²) in [5.41, 5.74) is 0. The minimum Gasteiger partial charge on any atom is -1.00 e. The number of hydrogen-bond acceptors (Lipinski definition) is 1. The average Bonchev–Trinajstić information content (AvgIpc) is 1.68. The van der Waals surface area contributed by atoms with Gasteiger partial charge >= 0.3 is 51.4 Å². The minimum atomic E-state index is 0. The first-order valence-corrected chi connectivity index (χ1v) is 2.92. The Labute approximate surface area is 95.8 Å². The van der Waals surface area contributed by atoms with Crippen LogP contribution < -0.4 is 51.4 Å². The van der Waals surface area contributed by atoms with Crippen LogP contribution in [0.3, 0.4) is 0 Å². The Balaban J connectivity index is -0.000000180. The fourth-order valence-corrected chi connectivity index (χ4v) is 0.584. The van der Waals surface area contributed by atoms with E-state index in [2.05, 4.69) is 13.8 Å². The molecule has 0 spiro atoms. The van der Waals surface area contributed by atoms with Crippen molar-refractivity contribution in [1.82, 2.24) is 0 Å². The van der Waals surface area contributed by atoms with Gasteiger partial charge in [0.2, 0.25) is 0 Å². The van der Waals surface area contributed by atoms with Gasteiger partial charge in [0, 0.05) is 6.61 Å². The monoisotopic (exact) mass is 142 g/mol. The molecule has 0 radical (unpaired) electrons. The van der Waals surface area contributed by atoms with Gasteiger partial charge in [-0.15, -0.1) is 0 Å². The van der Waals surface area contributed by atoms with Gasteiger partial charge in [-0.2, -0.15) is 0 Å². The maximum Gasteiger partial charge on any atom is 1.00 e. The second kappa shape index (κ2) is 8.60. The van der Waals surface area contributed by atoms with Gasteiger partial charge in [0.05, 0.1) is 0 Å². The molecule has 0 aromatic heterocycles. The molecule has 0 saturated heterocycles. The van der Waals surface area contributed by atoms with Crippen LogP contribution in [0.1, 0.15) is 28.1 Å². The van der Waals surface area contributed by atoms with Crippen molar-refractivity contribution in [3.05, 3.63) is 0 Å². The maximum atomic E-state index is 8.47. The SMILES string of the molecule is CCCC(C)CO.[H-].[K+]. The van der Waals surface area contributed by atoms with E-state index in [1.807, 2.05) is 0 Å². The third-order valence-electron chi connectivity index (χ3n) is 1.09. The molecule has 0 aliphatic rings. The fourth-order valence-electron chi connectivity index (χ4n) is 0.584. The van der Waals surface area contributed by atoms with Crippen molar-refractivity contribution < 1.29 is 57.9 Å². The summed E-state index contributed by atoms with van der Waals surface area (Å²) in [6, 6.07) is 0. The first kappa shape index (κ1) is 12.3. The zero-order valence-corrected chi connectivity index (χ0v) is 9.27. The average molecular weight is 142 g/mol. The molecule has 1 unspecified atom stereocenters. The smallest absolute Gasteiger partial charge is 1.00 e. The third-order valence-corrected chi connectivity index (χ3v) is 1.09. The van der Waals surface area contributed by atoms with E-state index in [1.165, 1.54) is 6.42 Å². The normalized spacial score (nSPS) is 12.4. The van der Waals surface area contributed by atoms with Crippen LogP contribution in [0.15, 0.2) is 0 Å². The van der Waals surface area contributed by atoms with E-state index in [-0.39, 0.29) is 52.8 Å². The molecular formula is C6H15KO. The molecule has 46 valence electrons. The molecule has 0 rings (SSSR count). The van der Waals surface area contributed by atoms with E-state index in [9.17, 15) is 0 Å². The molecule has 0 amide bonds. The Kier molecular flexibility index (Phi) is 13.2. The Morgan fingerprint density at radius 2 is 2.12 bits per heavy atom. The van der Waals surface area contributed by atoms with Gasteiger partial charge in [-0.3, -0.25) is 0 Å². The Hall–Kier alpha value is 1.60. The van der Waals surface area contributed by atoms with Gasteiger partial charge < -0.3 is 6.53 Å². The van der Waals surface area contributed by atoms with Crippen LogP contribution in [0, 0.1) is 5.92 Å². The molecule has 2 heteroatoms. The molecule has 0 aliphatic carbocycles. The molecule has 0 heterocycles. The Morgan fingerprint density at radius 3 is 2.25 bits per heavy atom. The molecule has 1 nitrogen and oxygen atoms in total. The molecular weight excluding hydrogens is 127 g/mol. The quantitative estimate of drug-likeness (QED) is 0.477. The fraction of sp³-hybridized carbons (Fsp3) is 1.00. The predicted molar refractivity (Wildman–Crippen MR) is 32.3 cm³/mol. The number of rotatable bonds is 3. The summed E-state index contributed by atoms with van der Waals surface area (Å²) in [6.45, 7) is 4.53. The second-order valence-electron chi connectivity index (χ2n) is 2.08. The summed E-state index contributed by atoms with van der Waals surface area (Å²) in [4.78, 5) is 0. The summed E-state index contributed by atoms with van der Waals surface area (Å²) in [5, 5.41) is 8.47. The van der Waals surface area contributed by atoms with E-state index in [1.54, 1.807) is 0 Å². The van der Waals surface area contributed by atoms with Crippen LogP contribution in [0.2, 0.25) is 0 Å². The van der Waals surface area contributed by atoms with Crippen molar-refractivity contribution in [3.8, 4) is 0 Å². The molecule has 0 bridgehead atoms. The van der Waals surface area contributed by atoms with E-state index >= 15 is 0 Å². The first-order chi connectivity index (χ1) is 3.31. The first-order valence-electron chi connectivity index (χ1n) is 2.92. The summed E-state index contributed by atoms with van der Waals surface area (Å²) < 4.78 is 0. The van der Waals surface area contributed by atoms with Crippen LogP contribution in [-0.4, -0.2) is 11.7 Å². The van der Waals surface area contributed by atoms with Gasteiger partial charge in [0.1, 0.15) is 0 Å². The van der Waals surface area contributed by atoms with Gasteiger partial charge in [-0.25, -0.2) is 0 Å². The van der Waals surface area contributed by atoms with Crippen molar-refractivity contribution >= 4 is 0 Å². The van der Waals surface area contributed by atoms with E-state index < -0.39 is 0 Å². The van der Waals surface area contributed by atoms with Crippen molar-refractivity contribution in [2.75, 3.05) is 6.61 Å². The van der Waals surface area contributed by atoms with E-state index in [0.29, 0.717) is 12.5 Å². The largest absolute Gasteiger partial charge is 1.00 e. The summed E-state index contributed by atoms with van der Waals surface area (Å²) in [6.07, 6.45) is 2.33. The number of aliphatic hydroxyl groups excluding tert-OH is 1. The zero-order valence-electron chi connectivity index (χ0n) is 7.15. The van der Waals surface area contributed by atoms with Gasteiger partial charge in [-0.05, 0) is 12.3 Å². The summed E-state index contributed by atoms with van der Waals surface area (Å²) in [7, 11) is 0. The van der Waals surface area contributed by atoms with Gasteiger partial charge in [-0.1, -0.05) is 20.3 Å². The summed E-state index contributed by atoms with van der Waals surface area (Å²) >= 11 is 0. The van der Waals surface area contributed by atoms with Crippen LogP contribution >= 0.6 is 0 Å². The van der Waals surface area contributed by atoms with E-state index in [0.717, 1.165) is 6.42 Å². The zero-order chi connectivity index (χ0) is 5.70. The molecule has 0 aromatic carbocycles. The second-order valence-corrected chi connectivity index (χ2v) is 2.08. The molecule has 8 heavy (non-hydrogen) atoms. The van der Waals surface area contributed by atoms with Gasteiger partial charge in [0.25, 0.3) is 0 Å². The van der Waals surface area contributed by atoms with Crippen molar-refractivity contribution in [2.24, 2.45) is 5.92 Å². The Bertz CT molecular complexity index is 44.0. The van der Waals surface area contributed by atoms with Crippen LogP contribution in [0.25, 0.3) is 0 Å². The predicted octanol–water partition coefficient (Wildman–Crippen LogP) is -1.47. The molecule has 1 atom stereocenters. The molecule has 0 aromatic rings. The molecule has 1 N–H and O–H groups in total. The van der Waals surface area contributed by atoms with Gasteiger partial charge in [0.15, 0.2) is 0 Å². The Morgan fingerprint density at radius 1 is 1.62 bits per heavy atom. The third kappa shape index (κ3) is 7.60. The topological polar surface area (TPSA) is 20.2 Å².